The summed E-state index contributed by atoms with van der Waals surface area (Å²) >= 11 is 2.98. The Balaban J connectivity index is 0. The van der Waals surface area contributed by atoms with Crippen LogP contribution in [0.4, 0.5) is 0 Å². The second-order valence-electron chi connectivity index (χ2n) is 2.17. The van der Waals surface area contributed by atoms with Gasteiger partial charge in [-0.1, -0.05) is 15.9 Å². The minimum absolute atomic E-state index is 0. The Kier molecular flexibility index (Phi) is 9.01. The maximum Gasteiger partial charge on any atom is 1.00 e. The largest absolute Gasteiger partial charge is 1.00 e. The van der Waals surface area contributed by atoms with Crippen molar-refractivity contribution in [3.8, 4) is 0 Å². The van der Waals surface area contributed by atoms with Gasteiger partial charge in [-0.25, -0.2) is 8.42 Å². The van der Waals surface area contributed by atoms with Crippen molar-refractivity contribution >= 4 is 32.0 Å². The van der Waals surface area contributed by atoms with Crippen LogP contribution in [0.3, 0.4) is 0 Å². The second-order valence-corrected chi connectivity index (χ2v) is 5.07. The van der Waals surface area contributed by atoms with E-state index in [2.05, 4.69) is 21.2 Å². The molecule has 0 rings (SSSR count). The van der Waals surface area contributed by atoms with E-state index in [1.165, 1.54) is 0 Å². The van der Waals surface area contributed by atoms with Crippen LogP contribution in [0.5, 0.6) is 0 Å². The summed E-state index contributed by atoms with van der Waals surface area (Å²) in [6.07, 6.45) is 0. The van der Waals surface area contributed by atoms with Gasteiger partial charge in [0.05, 0.1) is 20.7 Å². The zero-order chi connectivity index (χ0) is 9.78. The van der Waals surface area contributed by atoms with Gasteiger partial charge in [0.25, 0.3) is 0 Å². The topological polar surface area (TPSA) is 86.3 Å². The number of nitrogens with one attached hydrogen (secondary N) is 1. The van der Waals surface area contributed by atoms with Crippen LogP contribution >= 0.6 is 15.9 Å². The van der Waals surface area contributed by atoms with E-state index in [1.54, 1.807) is 6.92 Å². The molecule has 0 aromatic heterocycles. The molecule has 0 aromatic carbocycles. The van der Waals surface area contributed by atoms with Gasteiger partial charge in [0.2, 0.25) is 5.91 Å². The first-order valence-corrected chi connectivity index (χ1v) is 5.67. The fraction of sp³-hybridized carbons (Fsp3) is 0.800. The Morgan fingerprint density at radius 1 is 1.62 bits per heavy atom. The molecule has 0 spiro atoms. The van der Waals surface area contributed by atoms with Gasteiger partial charge in [0.1, 0.15) is 0 Å². The van der Waals surface area contributed by atoms with Gasteiger partial charge in [0.15, 0.2) is 0 Å². The molecule has 1 unspecified atom stereocenters. The minimum atomic E-state index is -4.23. The standard InChI is InChI=1S/C5H10BrNO4S.Na/c1-4(6)5(8)7-2-3-12(9,10)11;/h4H,2-3H2,1H3,(H,7,8)(H,9,10,11);/q;+1/p-1. The Labute approximate surface area is 108 Å². The van der Waals surface area contributed by atoms with Crippen LogP contribution in [0.25, 0.3) is 0 Å². The predicted molar refractivity (Wildman–Crippen MR) is 46.0 cm³/mol. The molecule has 0 aliphatic heterocycles. The maximum absolute atomic E-state index is 10.8. The molecular formula is C5H9BrNNaO4S. The van der Waals surface area contributed by atoms with E-state index in [-0.39, 0.29) is 46.8 Å². The number of carbonyl (C=O) groups is 1. The average Bonchev–Trinajstić information content (AvgIpc) is 1.84. The van der Waals surface area contributed by atoms with Gasteiger partial charge in [0, 0.05) is 6.54 Å². The number of hydrogen-bond acceptors (Lipinski definition) is 4. The van der Waals surface area contributed by atoms with Gasteiger partial charge in [-0.3, -0.25) is 4.79 Å². The molecule has 0 saturated carbocycles. The molecule has 1 N–H and O–H groups in total. The van der Waals surface area contributed by atoms with Crippen LogP contribution < -0.4 is 34.9 Å². The van der Waals surface area contributed by atoms with E-state index in [0.717, 1.165) is 0 Å². The molecule has 72 valence electrons. The Hall–Kier alpha value is 0.860. The van der Waals surface area contributed by atoms with Crippen molar-refractivity contribution in [2.45, 2.75) is 11.8 Å². The number of halogens is 1. The zero-order valence-corrected chi connectivity index (χ0v) is 11.8. The summed E-state index contributed by atoms with van der Waals surface area (Å²) in [6, 6.07) is 0. The molecule has 1 amide bonds. The molecule has 0 aliphatic rings. The average molecular weight is 282 g/mol. The van der Waals surface area contributed by atoms with Crippen LogP contribution in [-0.4, -0.2) is 36.0 Å². The first-order valence-electron chi connectivity index (χ1n) is 3.18. The normalized spacial score (nSPS) is 12.8. The molecule has 0 aromatic rings. The van der Waals surface area contributed by atoms with E-state index >= 15 is 0 Å². The third kappa shape index (κ3) is 10.8. The number of hydrogen-bond donors (Lipinski definition) is 1. The fourth-order valence-corrected chi connectivity index (χ4v) is 0.954. The summed E-state index contributed by atoms with van der Waals surface area (Å²) in [4.78, 5) is 10.4. The van der Waals surface area contributed by atoms with Gasteiger partial charge < -0.3 is 9.87 Å². The third-order valence-corrected chi connectivity index (χ3v) is 2.13. The molecule has 5 nitrogen and oxygen atoms in total. The quantitative estimate of drug-likeness (QED) is 0.328. The first kappa shape index (κ1) is 16.3. The number of rotatable bonds is 4. The second kappa shape index (κ2) is 7.19. The first-order chi connectivity index (χ1) is 5.33. The molecule has 13 heavy (non-hydrogen) atoms. The number of amides is 1. The van der Waals surface area contributed by atoms with E-state index in [9.17, 15) is 17.8 Å². The number of alkyl halides is 1. The maximum atomic E-state index is 10.8. The third-order valence-electron chi connectivity index (χ3n) is 1.01. The summed E-state index contributed by atoms with van der Waals surface area (Å²) in [7, 11) is -4.23. The molecular weight excluding hydrogens is 273 g/mol. The molecule has 0 heterocycles. The molecule has 8 heteroatoms. The van der Waals surface area contributed by atoms with Crippen LogP contribution in [0.1, 0.15) is 6.92 Å². The molecule has 0 bridgehead atoms. The van der Waals surface area contributed by atoms with Gasteiger partial charge in [-0.2, -0.15) is 0 Å². The van der Waals surface area contributed by atoms with Gasteiger partial charge >= 0.3 is 29.6 Å². The Morgan fingerprint density at radius 2 is 2.08 bits per heavy atom. The van der Waals surface area contributed by atoms with Gasteiger partial charge in [-0.05, 0) is 6.92 Å². The summed E-state index contributed by atoms with van der Waals surface area (Å²) in [5.41, 5.74) is 0. The Morgan fingerprint density at radius 3 is 2.38 bits per heavy atom. The Bertz CT molecular complexity index is 253. The van der Waals surface area contributed by atoms with Crippen LogP contribution in [0.15, 0.2) is 0 Å². The van der Waals surface area contributed by atoms with Crippen molar-refractivity contribution < 1.29 is 47.3 Å². The summed E-state index contributed by atoms with van der Waals surface area (Å²) in [6.45, 7) is 1.46. The molecule has 0 radical (unpaired) electrons. The van der Waals surface area contributed by atoms with Crippen LogP contribution in [-0.2, 0) is 14.9 Å². The van der Waals surface area contributed by atoms with Crippen molar-refractivity contribution in [2.75, 3.05) is 12.3 Å². The van der Waals surface area contributed by atoms with Crippen molar-refractivity contribution in [1.82, 2.24) is 5.32 Å². The van der Waals surface area contributed by atoms with E-state index in [4.69, 9.17) is 0 Å². The minimum Gasteiger partial charge on any atom is -0.748 e. The molecule has 0 fully saturated rings. The van der Waals surface area contributed by atoms with Crippen molar-refractivity contribution in [2.24, 2.45) is 0 Å². The molecule has 1 atom stereocenters. The van der Waals surface area contributed by atoms with E-state index in [0.29, 0.717) is 0 Å². The van der Waals surface area contributed by atoms with Gasteiger partial charge in [-0.15, -0.1) is 0 Å². The molecule has 0 aliphatic carbocycles. The monoisotopic (exact) mass is 281 g/mol. The summed E-state index contributed by atoms with van der Waals surface area (Å²) in [5, 5.41) is 2.27. The van der Waals surface area contributed by atoms with Crippen molar-refractivity contribution in [1.29, 1.82) is 0 Å². The van der Waals surface area contributed by atoms with Crippen LogP contribution in [0.2, 0.25) is 0 Å². The van der Waals surface area contributed by atoms with Crippen LogP contribution in [0, 0.1) is 0 Å². The van der Waals surface area contributed by atoms with E-state index < -0.39 is 15.9 Å². The van der Waals surface area contributed by atoms with Crippen molar-refractivity contribution in [3.05, 3.63) is 0 Å². The number of carbonyl (C=O) groups excluding carboxylic acids is 1. The van der Waals surface area contributed by atoms with Crippen molar-refractivity contribution in [3.63, 3.8) is 0 Å². The summed E-state index contributed by atoms with van der Waals surface area (Å²) in [5.74, 6) is -0.906. The van der Waals surface area contributed by atoms with E-state index in [1.807, 2.05) is 0 Å². The summed E-state index contributed by atoms with van der Waals surface area (Å²) < 4.78 is 30.2. The smallest absolute Gasteiger partial charge is 0.748 e. The fourth-order valence-electron chi connectivity index (χ4n) is 0.440. The molecule has 0 saturated heterocycles. The predicted octanol–water partition coefficient (Wildman–Crippen LogP) is -3.56. The zero-order valence-electron chi connectivity index (χ0n) is 7.41. The SMILES string of the molecule is CC(Br)C(=O)NCCS(=O)(=O)[O-].[Na+].